The predicted octanol–water partition coefficient (Wildman–Crippen LogP) is 3.93. The third kappa shape index (κ3) is 4.47. The molecule has 4 nitrogen and oxygen atoms in total. The predicted molar refractivity (Wildman–Crippen MR) is 103 cm³/mol. The highest BCUT2D eigenvalue weighted by Crippen LogP contribution is 2.37. The van der Waals surface area contributed by atoms with Gasteiger partial charge in [0.25, 0.3) is 0 Å². The zero-order valence-electron chi connectivity index (χ0n) is 14.8. The SMILES string of the molecule is COC(=O)C1CCN(C(=O)[C@@H](Sc2ccccc2)c2ccccc2)CC1. The van der Waals surface area contributed by atoms with Crippen LogP contribution in [-0.2, 0) is 14.3 Å². The standard InChI is InChI=1S/C21H23NO3S/c1-25-21(24)17-12-14-22(15-13-17)20(23)19(16-8-4-2-5-9-16)26-18-10-6-3-7-11-18/h2-11,17,19H,12-15H2,1H3/t19-/m0/s1. The highest BCUT2D eigenvalue weighted by molar-refractivity contribution is 8.00. The minimum atomic E-state index is -0.284. The van der Waals surface area contributed by atoms with Crippen molar-refractivity contribution in [1.82, 2.24) is 4.90 Å². The van der Waals surface area contributed by atoms with Crippen LogP contribution >= 0.6 is 11.8 Å². The van der Waals surface area contributed by atoms with E-state index in [0.717, 1.165) is 10.5 Å². The number of nitrogens with zero attached hydrogens (tertiary/aromatic N) is 1. The van der Waals surface area contributed by atoms with Gasteiger partial charge in [0.15, 0.2) is 0 Å². The van der Waals surface area contributed by atoms with E-state index in [2.05, 4.69) is 0 Å². The van der Waals surface area contributed by atoms with Crippen LogP contribution in [0, 0.1) is 5.92 Å². The number of ether oxygens (including phenoxy) is 1. The number of hydrogen-bond acceptors (Lipinski definition) is 4. The summed E-state index contributed by atoms with van der Waals surface area (Å²) in [7, 11) is 1.42. The summed E-state index contributed by atoms with van der Waals surface area (Å²) in [5.74, 6) is -0.162. The van der Waals surface area contributed by atoms with Crippen LogP contribution in [0.1, 0.15) is 23.7 Å². The normalized spacial score (nSPS) is 16.1. The molecule has 1 atom stereocenters. The van der Waals surface area contributed by atoms with Crippen LogP contribution in [-0.4, -0.2) is 37.0 Å². The molecule has 0 bridgehead atoms. The minimum Gasteiger partial charge on any atom is -0.469 e. The molecule has 0 N–H and O–H groups in total. The number of thioether (sulfide) groups is 1. The summed E-state index contributed by atoms with van der Waals surface area (Å²) in [5, 5.41) is -0.284. The largest absolute Gasteiger partial charge is 0.469 e. The van der Waals surface area contributed by atoms with E-state index in [9.17, 15) is 9.59 Å². The van der Waals surface area contributed by atoms with Gasteiger partial charge in [-0.15, -0.1) is 11.8 Å². The number of esters is 1. The van der Waals surface area contributed by atoms with Gasteiger partial charge in [0.1, 0.15) is 5.25 Å². The van der Waals surface area contributed by atoms with Gasteiger partial charge in [0.2, 0.25) is 5.91 Å². The second-order valence-corrected chi connectivity index (χ2v) is 7.52. The molecule has 0 unspecified atom stereocenters. The molecule has 1 saturated heterocycles. The van der Waals surface area contributed by atoms with Gasteiger partial charge in [-0.05, 0) is 30.5 Å². The van der Waals surface area contributed by atoms with Gasteiger partial charge in [-0.2, -0.15) is 0 Å². The number of methoxy groups -OCH3 is 1. The Hall–Kier alpha value is -2.27. The lowest BCUT2D eigenvalue weighted by atomic mass is 9.96. The van der Waals surface area contributed by atoms with E-state index in [1.807, 2.05) is 65.6 Å². The van der Waals surface area contributed by atoms with Crippen molar-refractivity contribution in [2.75, 3.05) is 20.2 Å². The fourth-order valence-corrected chi connectivity index (χ4v) is 4.32. The molecule has 26 heavy (non-hydrogen) atoms. The summed E-state index contributed by atoms with van der Waals surface area (Å²) in [6.07, 6.45) is 1.33. The second-order valence-electron chi connectivity index (χ2n) is 6.34. The van der Waals surface area contributed by atoms with Crippen molar-refractivity contribution in [3.05, 3.63) is 66.2 Å². The Bertz CT molecular complexity index is 727. The Labute approximate surface area is 158 Å². The quantitative estimate of drug-likeness (QED) is 0.592. The Kier molecular flexibility index (Phi) is 6.34. The highest BCUT2D eigenvalue weighted by atomic mass is 32.2. The van der Waals surface area contributed by atoms with E-state index >= 15 is 0 Å². The summed E-state index contributed by atoms with van der Waals surface area (Å²) in [5.41, 5.74) is 1.00. The zero-order chi connectivity index (χ0) is 18.4. The number of carbonyl (C=O) groups is 2. The lowest BCUT2D eigenvalue weighted by molar-refractivity contribution is -0.148. The molecular weight excluding hydrogens is 346 g/mol. The number of carbonyl (C=O) groups excluding carboxylic acids is 2. The molecule has 3 rings (SSSR count). The van der Waals surface area contributed by atoms with Crippen molar-refractivity contribution in [3.8, 4) is 0 Å². The number of hydrogen-bond donors (Lipinski definition) is 0. The van der Waals surface area contributed by atoms with Crippen LogP contribution in [0.5, 0.6) is 0 Å². The Morgan fingerprint density at radius 2 is 1.58 bits per heavy atom. The minimum absolute atomic E-state index is 0.0963. The molecule has 1 amide bonds. The van der Waals surface area contributed by atoms with Crippen LogP contribution in [0.4, 0.5) is 0 Å². The van der Waals surface area contributed by atoms with E-state index in [1.165, 1.54) is 7.11 Å². The van der Waals surface area contributed by atoms with Crippen molar-refractivity contribution in [3.63, 3.8) is 0 Å². The van der Waals surface area contributed by atoms with E-state index < -0.39 is 0 Å². The molecule has 5 heteroatoms. The molecule has 1 fully saturated rings. The molecule has 0 radical (unpaired) electrons. The highest BCUT2D eigenvalue weighted by Gasteiger charge is 2.32. The third-order valence-electron chi connectivity index (χ3n) is 4.66. The number of benzene rings is 2. The number of amides is 1. The summed E-state index contributed by atoms with van der Waals surface area (Å²) in [6, 6.07) is 19.9. The van der Waals surface area contributed by atoms with Gasteiger partial charge in [0.05, 0.1) is 13.0 Å². The van der Waals surface area contributed by atoms with Crippen LogP contribution in [0.25, 0.3) is 0 Å². The fourth-order valence-electron chi connectivity index (χ4n) is 3.19. The first-order chi connectivity index (χ1) is 12.7. The van der Waals surface area contributed by atoms with Crippen LogP contribution in [0.2, 0.25) is 0 Å². The zero-order valence-corrected chi connectivity index (χ0v) is 15.7. The van der Waals surface area contributed by atoms with Gasteiger partial charge >= 0.3 is 5.97 Å². The Morgan fingerprint density at radius 1 is 1.00 bits per heavy atom. The fraction of sp³-hybridized carbons (Fsp3) is 0.333. The van der Waals surface area contributed by atoms with Gasteiger partial charge in [0, 0.05) is 18.0 Å². The maximum atomic E-state index is 13.2. The molecule has 0 aromatic heterocycles. The van der Waals surface area contributed by atoms with Crippen LogP contribution in [0.15, 0.2) is 65.6 Å². The third-order valence-corrected chi connectivity index (χ3v) is 5.92. The first-order valence-electron chi connectivity index (χ1n) is 8.82. The molecule has 1 aliphatic heterocycles. The first kappa shape index (κ1) is 18.5. The molecule has 136 valence electrons. The topological polar surface area (TPSA) is 46.6 Å². The van der Waals surface area contributed by atoms with E-state index in [-0.39, 0.29) is 23.0 Å². The smallest absolute Gasteiger partial charge is 0.308 e. The molecule has 1 heterocycles. The van der Waals surface area contributed by atoms with E-state index in [0.29, 0.717) is 25.9 Å². The van der Waals surface area contributed by atoms with Crippen LogP contribution < -0.4 is 0 Å². The molecule has 0 aliphatic carbocycles. The monoisotopic (exact) mass is 369 g/mol. The maximum Gasteiger partial charge on any atom is 0.308 e. The average molecular weight is 369 g/mol. The molecule has 2 aromatic carbocycles. The molecule has 0 spiro atoms. The molecular formula is C21H23NO3S. The summed E-state index contributed by atoms with van der Waals surface area (Å²) < 4.78 is 4.83. The lowest BCUT2D eigenvalue weighted by Gasteiger charge is -2.33. The number of rotatable bonds is 5. The van der Waals surface area contributed by atoms with Gasteiger partial charge in [-0.3, -0.25) is 9.59 Å². The van der Waals surface area contributed by atoms with Gasteiger partial charge in [-0.1, -0.05) is 48.5 Å². The van der Waals surface area contributed by atoms with E-state index in [4.69, 9.17) is 4.74 Å². The van der Waals surface area contributed by atoms with Crippen molar-refractivity contribution < 1.29 is 14.3 Å². The molecule has 2 aromatic rings. The van der Waals surface area contributed by atoms with Crippen molar-refractivity contribution in [1.29, 1.82) is 0 Å². The van der Waals surface area contributed by atoms with E-state index in [1.54, 1.807) is 11.8 Å². The first-order valence-corrected chi connectivity index (χ1v) is 9.70. The van der Waals surface area contributed by atoms with Gasteiger partial charge < -0.3 is 9.64 Å². The van der Waals surface area contributed by atoms with Gasteiger partial charge in [-0.25, -0.2) is 0 Å². The Balaban J connectivity index is 1.74. The Morgan fingerprint density at radius 3 is 2.15 bits per heavy atom. The van der Waals surface area contributed by atoms with Crippen molar-refractivity contribution in [2.45, 2.75) is 23.0 Å². The van der Waals surface area contributed by atoms with Crippen molar-refractivity contribution in [2.24, 2.45) is 5.92 Å². The number of likely N-dealkylation sites (tertiary alicyclic amines) is 1. The summed E-state index contributed by atoms with van der Waals surface area (Å²) in [6.45, 7) is 1.19. The number of piperidine rings is 1. The van der Waals surface area contributed by atoms with Crippen molar-refractivity contribution >= 4 is 23.6 Å². The average Bonchev–Trinajstić information content (AvgIpc) is 2.72. The summed E-state index contributed by atoms with van der Waals surface area (Å²) in [4.78, 5) is 27.9. The molecule has 0 saturated carbocycles. The van der Waals surface area contributed by atoms with Crippen LogP contribution in [0.3, 0.4) is 0 Å². The maximum absolute atomic E-state index is 13.2. The second kappa shape index (κ2) is 8.90. The molecule has 1 aliphatic rings. The lowest BCUT2D eigenvalue weighted by Crippen LogP contribution is -2.42. The summed E-state index contributed by atoms with van der Waals surface area (Å²) >= 11 is 1.57.